The first-order valence-electron chi connectivity index (χ1n) is 11.3. The van der Waals surface area contributed by atoms with E-state index < -0.39 is 44.4 Å². The van der Waals surface area contributed by atoms with Gasteiger partial charge < -0.3 is 25.2 Å². The Morgan fingerprint density at radius 2 is 2.13 bits per heavy atom. The molecule has 1 saturated heterocycles. The number of nitrogens with zero attached hydrogens (tertiary/aromatic N) is 7. The summed E-state index contributed by atoms with van der Waals surface area (Å²) in [4.78, 5) is 26.6. The summed E-state index contributed by atoms with van der Waals surface area (Å²) in [6.45, 7) is 3.64. The van der Waals surface area contributed by atoms with Crippen molar-refractivity contribution in [2.45, 2.75) is 50.8 Å². The van der Waals surface area contributed by atoms with E-state index in [2.05, 4.69) is 30.1 Å². The molecule has 17 heteroatoms. The van der Waals surface area contributed by atoms with E-state index in [1.165, 1.54) is 31.7 Å². The number of anilines is 1. The smallest absolute Gasteiger partial charge is 0.413 e. The number of hydrogen-bond acceptors (Lipinski definition) is 12. The largest absolute Gasteiger partial charge is 0.459 e. The molecule has 1 fully saturated rings. The number of aliphatic hydroxyl groups excluding tert-OH is 1. The SMILES string of the molecule is CC(=O)[C@H](C)NP(=O)(OCC1O[C@@H](n2cnc3c(N=[N+]=[N-])nc(N)nc32)[C@](C)(O)[C@@H]1O)Oc1ccccc1. The molecule has 2 unspecified atom stereocenters. The van der Waals surface area contributed by atoms with Crippen molar-refractivity contribution in [1.29, 1.82) is 0 Å². The second-order valence-electron chi connectivity index (χ2n) is 8.78. The van der Waals surface area contributed by atoms with Crippen molar-refractivity contribution in [3.05, 3.63) is 47.1 Å². The number of rotatable bonds is 10. The minimum atomic E-state index is -4.16. The molecule has 38 heavy (non-hydrogen) atoms. The molecule has 4 rings (SSSR count). The fourth-order valence-corrected chi connectivity index (χ4v) is 5.37. The van der Waals surface area contributed by atoms with Crippen molar-refractivity contribution in [2.24, 2.45) is 5.11 Å². The van der Waals surface area contributed by atoms with Gasteiger partial charge in [0.1, 0.15) is 34.9 Å². The Hall–Kier alpha value is -3.62. The Bertz CT molecular complexity index is 1430. The van der Waals surface area contributed by atoms with Gasteiger partial charge in [-0.05, 0) is 43.5 Å². The Labute approximate surface area is 216 Å². The van der Waals surface area contributed by atoms with Gasteiger partial charge in [0.15, 0.2) is 17.7 Å². The van der Waals surface area contributed by atoms with E-state index in [-0.39, 0.29) is 34.5 Å². The molecule has 1 aliphatic heterocycles. The zero-order chi connectivity index (χ0) is 27.7. The van der Waals surface area contributed by atoms with Crippen LogP contribution in [0.1, 0.15) is 27.0 Å². The van der Waals surface area contributed by atoms with Gasteiger partial charge in [0.05, 0.1) is 19.0 Å². The van der Waals surface area contributed by atoms with Crippen molar-refractivity contribution in [3.8, 4) is 5.75 Å². The zero-order valence-corrected chi connectivity index (χ0v) is 21.5. The van der Waals surface area contributed by atoms with Gasteiger partial charge in [-0.25, -0.2) is 19.6 Å². The number of aromatic nitrogens is 4. The lowest BCUT2D eigenvalue weighted by Crippen LogP contribution is -2.44. The Morgan fingerprint density at radius 3 is 2.79 bits per heavy atom. The predicted octanol–water partition coefficient (Wildman–Crippen LogP) is 2.13. The van der Waals surface area contributed by atoms with Crippen LogP contribution in [-0.4, -0.2) is 66.0 Å². The molecule has 202 valence electrons. The predicted molar refractivity (Wildman–Crippen MR) is 133 cm³/mol. The van der Waals surface area contributed by atoms with Gasteiger partial charge in [-0.1, -0.05) is 18.2 Å². The van der Waals surface area contributed by atoms with E-state index in [9.17, 15) is 19.6 Å². The third-order valence-electron chi connectivity index (χ3n) is 5.91. The van der Waals surface area contributed by atoms with Crippen LogP contribution in [0.2, 0.25) is 0 Å². The van der Waals surface area contributed by atoms with E-state index in [0.29, 0.717) is 0 Å². The molecule has 0 spiro atoms. The Balaban J connectivity index is 1.59. The maximum atomic E-state index is 13.6. The van der Waals surface area contributed by atoms with E-state index in [4.69, 9.17) is 25.0 Å². The number of carbonyl (C=O) groups is 1. The Kier molecular flexibility index (Phi) is 7.67. The number of benzene rings is 1. The lowest BCUT2D eigenvalue weighted by Gasteiger charge is -2.27. The number of fused-ring (bicyclic) bond motifs is 1. The molecular formula is C21H26N9O7P. The average Bonchev–Trinajstić information content (AvgIpc) is 3.36. The molecule has 6 atom stereocenters. The number of para-hydroxylation sites is 1. The van der Waals surface area contributed by atoms with Gasteiger partial charge in [0.2, 0.25) is 5.95 Å². The van der Waals surface area contributed by atoms with E-state index in [1.807, 2.05) is 0 Å². The average molecular weight is 547 g/mol. The Morgan fingerprint density at radius 1 is 1.42 bits per heavy atom. The number of ether oxygens (including phenoxy) is 1. The summed E-state index contributed by atoms with van der Waals surface area (Å²) >= 11 is 0. The van der Waals surface area contributed by atoms with E-state index in [0.717, 1.165) is 0 Å². The number of nitrogen functional groups attached to an aromatic ring is 1. The molecular weight excluding hydrogens is 521 g/mol. The highest BCUT2D eigenvalue weighted by Crippen LogP contribution is 2.47. The summed E-state index contributed by atoms with van der Waals surface area (Å²) in [7, 11) is -4.16. The van der Waals surface area contributed by atoms with Crippen molar-refractivity contribution < 1.29 is 33.4 Å². The number of aliphatic hydroxyl groups is 2. The maximum Gasteiger partial charge on any atom is 0.459 e. The third kappa shape index (κ3) is 5.47. The zero-order valence-electron chi connectivity index (χ0n) is 20.6. The monoisotopic (exact) mass is 547 g/mol. The van der Waals surface area contributed by atoms with Crippen LogP contribution in [0.15, 0.2) is 41.8 Å². The van der Waals surface area contributed by atoms with Gasteiger partial charge in [-0.2, -0.15) is 4.98 Å². The second-order valence-corrected chi connectivity index (χ2v) is 10.5. The first kappa shape index (κ1) is 27.4. The van der Waals surface area contributed by atoms with Crippen LogP contribution in [0, 0.1) is 0 Å². The normalized spacial score (nSPS) is 25.4. The van der Waals surface area contributed by atoms with Gasteiger partial charge in [-0.15, -0.1) is 0 Å². The highest BCUT2D eigenvalue weighted by atomic mass is 31.2. The summed E-state index contributed by atoms with van der Waals surface area (Å²) < 4.78 is 31.9. The summed E-state index contributed by atoms with van der Waals surface area (Å²) in [6, 6.07) is 7.31. The molecule has 3 heterocycles. The standard InChI is InChI=1S/C21H26N9O7P/c1-11(12(2)31)28-38(34,37-13-7-5-4-6-8-13)35-9-14-16(32)21(3,33)19(36-14)30-10-24-15-17(27-29-23)25-20(22)26-18(15)30/h4-8,10-11,14,16,19,32-33H,9H2,1-3H3,(H,28,34)(H2,22,25,26)/t11-,14?,16+,19+,21+,38?/m0/s1. The molecule has 2 aromatic heterocycles. The number of imidazole rings is 1. The molecule has 3 aromatic rings. The number of Topliss-reactive ketones (excluding diaryl/α,β-unsaturated/α-hetero) is 1. The quantitative estimate of drug-likeness (QED) is 0.124. The molecule has 0 saturated carbocycles. The maximum absolute atomic E-state index is 13.6. The summed E-state index contributed by atoms with van der Waals surface area (Å²) in [6.07, 6.45) is -2.74. The molecule has 0 amide bonds. The first-order valence-corrected chi connectivity index (χ1v) is 12.9. The lowest BCUT2D eigenvalue weighted by atomic mass is 9.96. The van der Waals surface area contributed by atoms with E-state index in [1.54, 1.807) is 30.3 Å². The first-order chi connectivity index (χ1) is 17.9. The van der Waals surface area contributed by atoms with Crippen LogP contribution in [-0.2, 0) is 18.6 Å². The molecule has 16 nitrogen and oxygen atoms in total. The fraction of sp³-hybridized carbons (Fsp3) is 0.429. The van der Waals surface area contributed by atoms with Crippen molar-refractivity contribution >= 4 is 36.5 Å². The van der Waals surface area contributed by atoms with Crippen LogP contribution in [0.5, 0.6) is 5.75 Å². The van der Waals surface area contributed by atoms with Crippen molar-refractivity contribution in [1.82, 2.24) is 24.6 Å². The van der Waals surface area contributed by atoms with Crippen molar-refractivity contribution in [2.75, 3.05) is 12.3 Å². The molecule has 1 aliphatic rings. The highest BCUT2D eigenvalue weighted by molar-refractivity contribution is 7.52. The van der Waals surface area contributed by atoms with Crippen LogP contribution >= 0.6 is 7.75 Å². The number of azide groups is 1. The summed E-state index contributed by atoms with van der Waals surface area (Å²) in [5.41, 5.74) is 12.8. The number of ketones is 1. The second kappa shape index (κ2) is 10.6. The number of hydrogen-bond donors (Lipinski definition) is 4. The molecule has 0 radical (unpaired) electrons. The van der Waals surface area contributed by atoms with Gasteiger partial charge in [0, 0.05) is 4.91 Å². The van der Waals surface area contributed by atoms with Crippen LogP contribution < -0.4 is 15.3 Å². The number of carbonyl (C=O) groups excluding carboxylic acids is 1. The lowest BCUT2D eigenvalue weighted by molar-refractivity contribution is -0.118. The van der Waals surface area contributed by atoms with Crippen LogP contribution in [0.25, 0.3) is 21.6 Å². The number of nitrogens with one attached hydrogen (secondary N) is 1. The number of nitrogens with two attached hydrogens (primary N) is 1. The van der Waals surface area contributed by atoms with Crippen LogP contribution in [0.3, 0.4) is 0 Å². The summed E-state index contributed by atoms with van der Waals surface area (Å²) in [5, 5.41) is 28.1. The topological polar surface area (TPSA) is 233 Å². The third-order valence-corrected chi connectivity index (χ3v) is 7.55. The summed E-state index contributed by atoms with van der Waals surface area (Å²) in [5.74, 6) is -0.435. The van der Waals surface area contributed by atoms with Crippen molar-refractivity contribution in [3.63, 3.8) is 0 Å². The van der Waals surface area contributed by atoms with E-state index >= 15 is 0 Å². The highest BCUT2D eigenvalue weighted by Gasteiger charge is 2.54. The fourth-order valence-electron chi connectivity index (χ4n) is 3.79. The molecule has 0 aliphatic carbocycles. The molecule has 5 N–H and O–H groups in total. The minimum Gasteiger partial charge on any atom is -0.413 e. The van der Waals surface area contributed by atoms with Gasteiger partial charge >= 0.3 is 7.75 Å². The minimum absolute atomic E-state index is 0.0778. The van der Waals surface area contributed by atoms with Gasteiger partial charge in [-0.3, -0.25) is 13.9 Å². The molecule has 1 aromatic carbocycles. The molecule has 0 bridgehead atoms. The van der Waals surface area contributed by atoms with Gasteiger partial charge in [0.25, 0.3) is 0 Å². The van der Waals surface area contributed by atoms with Crippen LogP contribution in [0.4, 0.5) is 11.8 Å².